The molecule has 2 aromatic rings. The van der Waals surface area contributed by atoms with Crippen LogP contribution < -0.4 is 14.9 Å². The van der Waals surface area contributed by atoms with Gasteiger partial charge in [-0.15, -0.1) is 0 Å². The van der Waals surface area contributed by atoms with E-state index in [9.17, 15) is 10.1 Å². The number of nitrogens with one attached hydrogen (secondary N) is 1. The minimum atomic E-state index is -0.486. The smallest absolute Gasteiger partial charge is 0.282 e. The first-order chi connectivity index (χ1) is 11.5. The Balaban J connectivity index is 2.31. The van der Waals surface area contributed by atoms with E-state index in [1.54, 1.807) is 0 Å². The number of nitro benzene ring substituents is 1. The number of nitrogens with zero attached hydrogens (tertiary/aromatic N) is 2. The number of aryl methyl sites for hydroxylation is 2. The first kappa shape index (κ1) is 17.3. The highest BCUT2D eigenvalue weighted by Gasteiger charge is 2.18. The SMILES string of the molecule is COc1cc(C=NNc2ccc(C)cc2C)c([N+](=O)[O-])cc1OC. The molecule has 0 bridgehead atoms. The van der Waals surface area contributed by atoms with Crippen molar-refractivity contribution in [2.24, 2.45) is 5.10 Å². The Hall–Kier alpha value is -3.09. The van der Waals surface area contributed by atoms with Gasteiger partial charge in [0.1, 0.15) is 0 Å². The molecule has 126 valence electrons. The van der Waals surface area contributed by atoms with Gasteiger partial charge in [-0.3, -0.25) is 15.5 Å². The second-order valence-electron chi connectivity index (χ2n) is 5.21. The fourth-order valence-corrected chi connectivity index (χ4v) is 2.26. The molecule has 7 nitrogen and oxygen atoms in total. The summed E-state index contributed by atoms with van der Waals surface area (Å²) in [6.45, 7) is 3.97. The van der Waals surface area contributed by atoms with Gasteiger partial charge in [0.15, 0.2) is 11.5 Å². The number of benzene rings is 2. The molecule has 0 atom stereocenters. The van der Waals surface area contributed by atoms with E-state index >= 15 is 0 Å². The first-order valence-corrected chi connectivity index (χ1v) is 7.23. The predicted molar refractivity (Wildman–Crippen MR) is 93.3 cm³/mol. The lowest BCUT2D eigenvalue weighted by Crippen LogP contribution is -2.00. The molecule has 0 saturated heterocycles. The molecule has 0 heterocycles. The third-order valence-electron chi connectivity index (χ3n) is 3.50. The summed E-state index contributed by atoms with van der Waals surface area (Å²) in [4.78, 5) is 10.8. The lowest BCUT2D eigenvalue weighted by atomic mass is 10.1. The molecular formula is C17H19N3O4. The molecule has 2 rings (SSSR count). The average Bonchev–Trinajstić information content (AvgIpc) is 2.56. The molecule has 0 saturated carbocycles. The van der Waals surface area contributed by atoms with Crippen LogP contribution >= 0.6 is 0 Å². The lowest BCUT2D eigenvalue weighted by Gasteiger charge is -2.09. The van der Waals surface area contributed by atoms with Crippen LogP contribution in [-0.2, 0) is 0 Å². The highest BCUT2D eigenvalue weighted by Crippen LogP contribution is 2.33. The standard InChI is InChI=1S/C17H19N3O4/c1-11-5-6-14(12(2)7-11)19-18-10-13-8-16(23-3)17(24-4)9-15(13)20(21)22/h5-10,19H,1-4H3. The predicted octanol–water partition coefficient (Wildman–Crippen LogP) is 3.67. The molecule has 0 aliphatic heterocycles. The zero-order valence-corrected chi connectivity index (χ0v) is 14.0. The van der Waals surface area contributed by atoms with E-state index in [0.29, 0.717) is 17.1 Å². The van der Waals surface area contributed by atoms with Gasteiger partial charge in [-0.2, -0.15) is 5.10 Å². The van der Waals surface area contributed by atoms with Crippen molar-refractivity contribution < 1.29 is 14.4 Å². The second-order valence-corrected chi connectivity index (χ2v) is 5.21. The number of methoxy groups -OCH3 is 2. The minimum absolute atomic E-state index is 0.112. The van der Waals surface area contributed by atoms with Crippen molar-refractivity contribution in [2.45, 2.75) is 13.8 Å². The molecule has 0 aliphatic carbocycles. The van der Waals surface area contributed by atoms with Crippen LogP contribution in [0.4, 0.5) is 11.4 Å². The van der Waals surface area contributed by atoms with Crippen LogP contribution in [0.1, 0.15) is 16.7 Å². The van der Waals surface area contributed by atoms with Crippen molar-refractivity contribution in [3.8, 4) is 11.5 Å². The molecule has 0 fully saturated rings. The molecule has 0 aromatic heterocycles. The number of ether oxygens (including phenoxy) is 2. The summed E-state index contributed by atoms with van der Waals surface area (Å²) in [5.74, 6) is 0.694. The number of hydrazone groups is 1. The summed E-state index contributed by atoms with van der Waals surface area (Å²) in [5.41, 5.74) is 6.12. The van der Waals surface area contributed by atoms with Crippen molar-refractivity contribution in [1.82, 2.24) is 0 Å². The third kappa shape index (κ3) is 3.81. The zero-order chi connectivity index (χ0) is 17.7. The van der Waals surface area contributed by atoms with Gasteiger partial charge in [-0.05, 0) is 31.5 Å². The van der Waals surface area contributed by atoms with Crippen LogP contribution in [0, 0.1) is 24.0 Å². The normalized spacial score (nSPS) is 10.7. The Morgan fingerprint density at radius 2 is 1.79 bits per heavy atom. The Bertz CT molecular complexity index is 788. The summed E-state index contributed by atoms with van der Waals surface area (Å²) in [6.07, 6.45) is 1.39. The van der Waals surface area contributed by atoms with E-state index in [-0.39, 0.29) is 5.69 Å². The third-order valence-corrected chi connectivity index (χ3v) is 3.50. The summed E-state index contributed by atoms with van der Waals surface area (Å²) < 4.78 is 10.3. The van der Waals surface area contributed by atoms with Gasteiger partial charge < -0.3 is 9.47 Å². The van der Waals surface area contributed by atoms with Crippen LogP contribution in [0.5, 0.6) is 11.5 Å². The molecule has 0 spiro atoms. The molecule has 0 aliphatic rings. The molecule has 0 radical (unpaired) electrons. The molecule has 0 unspecified atom stereocenters. The monoisotopic (exact) mass is 329 g/mol. The zero-order valence-electron chi connectivity index (χ0n) is 14.0. The van der Waals surface area contributed by atoms with Crippen molar-refractivity contribution in [3.63, 3.8) is 0 Å². The quantitative estimate of drug-likeness (QED) is 0.496. The Morgan fingerprint density at radius 3 is 2.38 bits per heavy atom. The second kappa shape index (κ2) is 7.45. The van der Waals surface area contributed by atoms with Gasteiger partial charge in [0.2, 0.25) is 0 Å². The fraction of sp³-hybridized carbons (Fsp3) is 0.235. The molecule has 1 N–H and O–H groups in total. The van der Waals surface area contributed by atoms with Crippen LogP contribution in [0.3, 0.4) is 0 Å². The van der Waals surface area contributed by atoms with Crippen LogP contribution in [0.2, 0.25) is 0 Å². The highest BCUT2D eigenvalue weighted by molar-refractivity contribution is 5.87. The Labute approximate surface area is 140 Å². The largest absolute Gasteiger partial charge is 0.493 e. The maximum Gasteiger partial charge on any atom is 0.282 e. The van der Waals surface area contributed by atoms with Crippen LogP contribution in [0.25, 0.3) is 0 Å². The maximum absolute atomic E-state index is 11.2. The van der Waals surface area contributed by atoms with Gasteiger partial charge in [0.25, 0.3) is 5.69 Å². The number of hydrogen-bond acceptors (Lipinski definition) is 6. The van der Waals surface area contributed by atoms with Gasteiger partial charge >= 0.3 is 0 Å². The summed E-state index contributed by atoms with van der Waals surface area (Å²) in [5, 5.41) is 15.3. The average molecular weight is 329 g/mol. The van der Waals surface area contributed by atoms with Crippen molar-refractivity contribution in [2.75, 3.05) is 19.6 Å². The summed E-state index contributed by atoms with van der Waals surface area (Å²) >= 11 is 0. The van der Waals surface area contributed by atoms with E-state index in [2.05, 4.69) is 10.5 Å². The van der Waals surface area contributed by atoms with E-state index in [0.717, 1.165) is 16.8 Å². The van der Waals surface area contributed by atoms with Crippen molar-refractivity contribution in [3.05, 3.63) is 57.1 Å². The van der Waals surface area contributed by atoms with E-state index in [4.69, 9.17) is 9.47 Å². The molecular weight excluding hydrogens is 310 g/mol. The minimum Gasteiger partial charge on any atom is -0.493 e. The summed E-state index contributed by atoms with van der Waals surface area (Å²) in [6, 6.07) is 8.73. The molecule has 2 aromatic carbocycles. The number of rotatable bonds is 6. The summed E-state index contributed by atoms with van der Waals surface area (Å²) in [7, 11) is 2.90. The lowest BCUT2D eigenvalue weighted by molar-refractivity contribution is -0.385. The van der Waals surface area contributed by atoms with Crippen LogP contribution in [-0.4, -0.2) is 25.4 Å². The maximum atomic E-state index is 11.2. The van der Waals surface area contributed by atoms with Crippen molar-refractivity contribution in [1.29, 1.82) is 0 Å². The highest BCUT2D eigenvalue weighted by atomic mass is 16.6. The molecule has 7 heteroatoms. The van der Waals surface area contributed by atoms with Gasteiger partial charge in [0, 0.05) is 0 Å². The topological polar surface area (TPSA) is 86.0 Å². The van der Waals surface area contributed by atoms with E-state index < -0.39 is 4.92 Å². The van der Waals surface area contributed by atoms with Gasteiger partial charge in [0.05, 0.1) is 42.7 Å². The molecule has 0 amide bonds. The fourth-order valence-electron chi connectivity index (χ4n) is 2.26. The van der Waals surface area contributed by atoms with E-state index in [1.165, 1.54) is 32.6 Å². The Kier molecular flexibility index (Phi) is 5.36. The number of hydrogen-bond donors (Lipinski definition) is 1. The van der Waals surface area contributed by atoms with Crippen molar-refractivity contribution >= 4 is 17.6 Å². The van der Waals surface area contributed by atoms with E-state index in [1.807, 2.05) is 32.0 Å². The van der Waals surface area contributed by atoms with Gasteiger partial charge in [-0.25, -0.2) is 0 Å². The van der Waals surface area contributed by atoms with Gasteiger partial charge in [-0.1, -0.05) is 17.7 Å². The Morgan fingerprint density at radius 1 is 1.12 bits per heavy atom. The number of nitro groups is 1. The number of anilines is 1. The van der Waals surface area contributed by atoms with Crippen LogP contribution in [0.15, 0.2) is 35.4 Å². The first-order valence-electron chi connectivity index (χ1n) is 7.23. The molecule has 24 heavy (non-hydrogen) atoms.